The van der Waals surface area contributed by atoms with Gasteiger partial charge in [-0.15, -0.1) is 0 Å². The number of amides is 2. The number of aromatic nitrogens is 4. The lowest BCUT2D eigenvalue weighted by molar-refractivity contribution is 0.261. The zero-order chi connectivity index (χ0) is 17.4. The summed E-state index contributed by atoms with van der Waals surface area (Å²) in [7, 11) is 1.85. The summed E-state index contributed by atoms with van der Waals surface area (Å²) in [5.41, 5.74) is 0.599. The molecule has 7 heteroatoms. The molecule has 2 N–H and O–H groups in total. The van der Waals surface area contributed by atoms with E-state index in [2.05, 4.69) is 41.5 Å². The highest BCUT2D eigenvalue weighted by Crippen LogP contribution is 2.28. The fraction of sp³-hybridized carbons (Fsp3) is 0.562. The Hall–Kier alpha value is -2.31. The monoisotopic (exact) mass is 318 g/mol. The van der Waals surface area contributed by atoms with Gasteiger partial charge in [0.2, 0.25) is 0 Å². The van der Waals surface area contributed by atoms with Gasteiger partial charge in [0, 0.05) is 24.7 Å². The fourth-order valence-electron chi connectivity index (χ4n) is 2.09. The van der Waals surface area contributed by atoms with Crippen LogP contribution in [0.15, 0.2) is 18.6 Å². The molecule has 0 saturated carbocycles. The molecule has 2 aromatic rings. The van der Waals surface area contributed by atoms with Crippen molar-refractivity contribution in [3.63, 3.8) is 0 Å². The van der Waals surface area contributed by atoms with E-state index in [1.165, 1.54) is 0 Å². The SMILES string of the molecule is Cn1cnc(NC(=O)Nc2cc(C(C)(C)C)nn2C(C)(C)C)c1. The van der Waals surface area contributed by atoms with Gasteiger partial charge >= 0.3 is 6.03 Å². The lowest BCUT2D eigenvalue weighted by atomic mass is 9.92. The van der Waals surface area contributed by atoms with E-state index >= 15 is 0 Å². The second kappa shape index (κ2) is 5.72. The first-order valence-electron chi connectivity index (χ1n) is 7.64. The van der Waals surface area contributed by atoms with Crippen molar-refractivity contribution in [2.24, 2.45) is 7.05 Å². The number of carbonyl (C=O) groups is 1. The number of hydrogen-bond donors (Lipinski definition) is 2. The molecule has 0 atom stereocenters. The summed E-state index contributed by atoms with van der Waals surface area (Å²) in [5.74, 6) is 1.17. The molecule has 0 aromatic carbocycles. The number of nitrogens with zero attached hydrogens (tertiary/aromatic N) is 4. The van der Waals surface area contributed by atoms with Crippen LogP contribution in [0.5, 0.6) is 0 Å². The summed E-state index contributed by atoms with van der Waals surface area (Å²) in [6.07, 6.45) is 3.37. The Morgan fingerprint density at radius 3 is 2.26 bits per heavy atom. The van der Waals surface area contributed by atoms with Gasteiger partial charge in [-0.05, 0) is 20.8 Å². The van der Waals surface area contributed by atoms with Crippen LogP contribution < -0.4 is 10.6 Å². The molecule has 2 heterocycles. The quantitative estimate of drug-likeness (QED) is 0.892. The van der Waals surface area contributed by atoms with Gasteiger partial charge in [0.25, 0.3) is 0 Å². The average Bonchev–Trinajstić information content (AvgIpc) is 2.94. The van der Waals surface area contributed by atoms with E-state index in [1.807, 2.05) is 38.6 Å². The van der Waals surface area contributed by atoms with E-state index in [0.29, 0.717) is 11.6 Å². The Morgan fingerprint density at radius 1 is 1.13 bits per heavy atom. The van der Waals surface area contributed by atoms with Gasteiger partial charge in [-0.25, -0.2) is 14.5 Å². The number of carbonyl (C=O) groups excluding carboxylic acids is 1. The molecule has 0 saturated heterocycles. The van der Waals surface area contributed by atoms with Gasteiger partial charge in [0.1, 0.15) is 5.82 Å². The molecular weight excluding hydrogens is 292 g/mol. The Labute approximate surface area is 137 Å². The Morgan fingerprint density at radius 2 is 1.78 bits per heavy atom. The predicted molar refractivity (Wildman–Crippen MR) is 91.8 cm³/mol. The van der Waals surface area contributed by atoms with E-state index in [4.69, 9.17) is 0 Å². The van der Waals surface area contributed by atoms with Crippen molar-refractivity contribution in [1.29, 1.82) is 0 Å². The molecule has 0 bridgehead atoms. The third-order valence-electron chi connectivity index (χ3n) is 3.30. The number of aryl methyl sites for hydroxylation is 1. The average molecular weight is 318 g/mol. The Bertz CT molecular complexity index is 699. The number of urea groups is 1. The maximum absolute atomic E-state index is 12.2. The molecular formula is C16H26N6O. The van der Waals surface area contributed by atoms with E-state index in [9.17, 15) is 4.79 Å². The van der Waals surface area contributed by atoms with Gasteiger partial charge in [-0.3, -0.25) is 10.6 Å². The van der Waals surface area contributed by atoms with E-state index in [0.717, 1.165) is 5.69 Å². The van der Waals surface area contributed by atoms with Crippen molar-refractivity contribution in [2.75, 3.05) is 10.6 Å². The zero-order valence-corrected chi connectivity index (χ0v) is 14.9. The van der Waals surface area contributed by atoms with Crippen molar-refractivity contribution < 1.29 is 4.79 Å². The second-order valence-electron chi connectivity index (χ2n) is 7.75. The molecule has 0 aliphatic carbocycles. The maximum atomic E-state index is 12.2. The Balaban J connectivity index is 2.24. The van der Waals surface area contributed by atoms with Crippen molar-refractivity contribution in [1.82, 2.24) is 19.3 Å². The van der Waals surface area contributed by atoms with Crippen LogP contribution in [0.1, 0.15) is 47.2 Å². The van der Waals surface area contributed by atoms with Crippen LogP contribution >= 0.6 is 0 Å². The van der Waals surface area contributed by atoms with Crippen molar-refractivity contribution >= 4 is 17.7 Å². The van der Waals surface area contributed by atoms with Crippen LogP contribution in [0.25, 0.3) is 0 Å². The van der Waals surface area contributed by atoms with Crippen LogP contribution in [0, 0.1) is 0 Å². The molecule has 2 rings (SSSR count). The van der Waals surface area contributed by atoms with Gasteiger partial charge in [0.05, 0.1) is 17.6 Å². The highest BCUT2D eigenvalue weighted by Gasteiger charge is 2.25. The largest absolute Gasteiger partial charge is 0.338 e. The minimum atomic E-state index is -0.338. The summed E-state index contributed by atoms with van der Waals surface area (Å²) >= 11 is 0. The van der Waals surface area contributed by atoms with Crippen LogP contribution in [-0.2, 0) is 18.0 Å². The normalized spacial score (nSPS) is 12.3. The molecule has 2 amide bonds. The number of anilines is 2. The highest BCUT2D eigenvalue weighted by molar-refractivity contribution is 5.98. The standard InChI is InChI=1S/C16H26N6O/c1-15(2,3)11-8-13(22(20-11)16(4,5)6)19-14(23)18-12-9-21(7)10-17-12/h8-10H,1-7H3,(H2,18,19,23). The highest BCUT2D eigenvalue weighted by atomic mass is 16.2. The van der Waals surface area contributed by atoms with Crippen molar-refractivity contribution in [3.05, 3.63) is 24.3 Å². The minimum absolute atomic E-state index is 0.0929. The summed E-state index contributed by atoms with van der Waals surface area (Å²) in [6, 6.07) is 1.58. The first kappa shape index (κ1) is 17.1. The fourth-order valence-corrected chi connectivity index (χ4v) is 2.09. The number of nitrogens with one attached hydrogen (secondary N) is 2. The third-order valence-corrected chi connectivity index (χ3v) is 3.30. The molecule has 2 aromatic heterocycles. The van der Waals surface area contributed by atoms with Gasteiger partial charge in [0.15, 0.2) is 5.82 Å². The molecule has 0 unspecified atom stereocenters. The number of hydrogen-bond acceptors (Lipinski definition) is 3. The lowest BCUT2D eigenvalue weighted by Crippen LogP contribution is -2.28. The second-order valence-corrected chi connectivity index (χ2v) is 7.75. The van der Waals surface area contributed by atoms with Crippen LogP contribution in [0.2, 0.25) is 0 Å². The van der Waals surface area contributed by atoms with E-state index in [1.54, 1.807) is 17.1 Å². The third kappa shape index (κ3) is 4.12. The first-order valence-corrected chi connectivity index (χ1v) is 7.64. The minimum Gasteiger partial charge on any atom is -0.338 e. The molecule has 0 aliphatic rings. The maximum Gasteiger partial charge on any atom is 0.326 e. The van der Waals surface area contributed by atoms with E-state index < -0.39 is 0 Å². The lowest BCUT2D eigenvalue weighted by Gasteiger charge is -2.23. The molecule has 0 spiro atoms. The van der Waals surface area contributed by atoms with Gasteiger partial charge in [-0.1, -0.05) is 20.8 Å². The van der Waals surface area contributed by atoms with Crippen LogP contribution in [0.3, 0.4) is 0 Å². The molecule has 0 aliphatic heterocycles. The number of rotatable bonds is 2. The van der Waals surface area contributed by atoms with Crippen LogP contribution in [-0.4, -0.2) is 25.4 Å². The predicted octanol–water partition coefficient (Wildman–Crippen LogP) is 3.31. The van der Waals surface area contributed by atoms with E-state index in [-0.39, 0.29) is 17.0 Å². The molecule has 0 radical (unpaired) electrons. The molecule has 7 nitrogen and oxygen atoms in total. The summed E-state index contributed by atoms with van der Waals surface area (Å²) in [6.45, 7) is 12.4. The topological polar surface area (TPSA) is 76.8 Å². The summed E-state index contributed by atoms with van der Waals surface area (Å²) in [4.78, 5) is 16.3. The summed E-state index contributed by atoms with van der Waals surface area (Å²) < 4.78 is 3.61. The van der Waals surface area contributed by atoms with Crippen molar-refractivity contribution in [3.8, 4) is 0 Å². The van der Waals surface area contributed by atoms with Gasteiger partial charge in [-0.2, -0.15) is 5.10 Å². The molecule has 23 heavy (non-hydrogen) atoms. The summed E-state index contributed by atoms with van der Waals surface area (Å²) in [5, 5.41) is 10.3. The van der Waals surface area contributed by atoms with Gasteiger partial charge < -0.3 is 4.57 Å². The number of imidazole rings is 1. The molecule has 126 valence electrons. The smallest absolute Gasteiger partial charge is 0.326 e. The van der Waals surface area contributed by atoms with Crippen molar-refractivity contribution in [2.45, 2.75) is 52.5 Å². The zero-order valence-electron chi connectivity index (χ0n) is 14.9. The molecule has 0 fully saturated rings. The van der Waals surface area contributed by atoms with Crippen LogP contribution in [0.4, 0.5) is 16.4 Å². The Kier molecular flexibility index (Phi) is 4.24. The first-order chi connectivity index (χ1) is 10.5.